The van der Waals surface area contributed by atoms with Gasteiger partial charge in [-0.15, -0.1) is 11.3 Å². The minimum Gasteiger partial charge on any atom is -0.462 e. The lowest BCUT2D eigenvalue weighted by atomic mass is 10.0. The van der Waals surface area contributed by atoms with Crippen LogP contribution in [-0.4, -0.2) is 23.5 Å². The number of hydrogen-bond acceptors (Lipinski definition) is 5. The number of para-hydroxylation sites is 1. The molecule has 1 amide bonds. The van der Waals surface area contributed by atoms with Crippen molar-refractivity contribution in [2.45, 2.75) is 39.0 Å². The molecule has 0 radical (unpaired) electrons. The van der Waals surface area contributed by atoms with E-state index in [0.29, 0.717) is 28.4 Å². The van der Waals surface area contributed by atoms with Crippen LogP contribution in [0.1, 0.15) is 57.3 Å². The Kier molecular flexibility index (Phi) is 6.97. The summed E-state index contributed by atoms with van der Waals surface area (Å²) in [6, 6.07) is 17.3. The van der Waals surface area contributed by atoms with Crippen LogP contribution in [0.3, 0.4) is 0 Å². The first kappa shape index (κ1) is 23.7. The summed E-state index contributed by atoms with van der Waals surface area (Å²) in [6.45, 7) is 2.09. The van der Waals surface area contributed by atoms with Crippen LogP contribution in [0, 0.1) is 0 Å². The largest absolute Gasteiger partial charge is 0.462 e. The average molecular weight is 549 g/mol. The quantitative estimate of drug-likeness (QED) is 0.208. The van der Waals surface area contributed by atoms with E-state index in [1.807, 2.05) is 54.6 Å². The molecule has 0 saturated heterocycles. The van der Waals surface area contributed by atoms with Crippen molar-refractivity contribution in [3.8, 4) is 11.3 Å². The number of anilines is 1. The summed E-state index contributed by atoms with van der Waals surface area (Å²) < 4.78 is 6.36. The molecule has 0 saturated carbocycles. The van der Waals surface area contributed by atoms with Gasteiger partial charge in [-0.2, -0.15) is 0 Å². The van der Waals surface area contributed by atoms with Gasteiger partial charge < -0.3 is 10.1 Å². The van der Waals surface area contributed by atoms with Gasteiger partial charge in [0.25, 0.3) is 5.91 Å². The lowest BCUT2D eigenvalue weighted by Gasteiger charge is -2.12. The normalized spacial score (nSPS) is 13.2. The van der Waals surface area contributed by atoms with Gasteiger partial charge in [-0.1, -0.05) is 52.7 Å². The fourth-order valence-electron chi connectivity index (χ4n) is 4.55. The number of pyridine rings is 1. The second kappa shape index (κ2) is 10.3. The molecule has 0 aliphatic heterocycles. The van der Waals surface area contributed by atoms with Crippen molar-refractivity contribution in [1.82, 2.24) is 4.98 Å². The van der Waals surface area contributed by atoms with E-state index < -0.39 is 0 Å². The number of benzene rings is 2. The third kappa shape index (κ3) is 4.88. The van der Waals surface area contributed by atoms with Crippen molar-refractivity contribution in [2.24, 2.45) is 0 Å². The lowest BCUT2D eigenvalue weighted by Crippen LogP contribution is -2.16. The van der Waals surface area contributed by atoms with Crippen LogP contribution in [0.15, 0.2) is 59.1 Å². The molecular formula is C28H25BrN2O3S. The maximum absolute atomic E-state index is 13.7. The van der Waals surface area contributed by atoms with Crippen LogP contribution in [0.25, 0.3) is 22.2 Å². The van der Waals surface area contributed by atoms with Crippen LogP contribution in [0.5, 0.6) is 0 Å². The van der Waals surface area contributed by atoms with E-state index in [9.17, 15) is 9.59 Å². The molecule has 0 fully saturated rings. The molecule has 0 spiro atoms. The number of thiophene rings is 1. The predicted molar refractivity (Wildman–Crippen MR) is 144 cm³/mol. The molecular weight excluding hydrogens is 524 g/mol. The summed E-state index contributed by atoms with van der Waals surface area (Å²) in [6.07, 6.45) is 5.03. The number of ether oxygens (including phenoxy) is 1. The maximum atomic E-state index is 13.7. The second-order valence-electron chi connectivity index (χ2n) is 8.52. The highest BCUT2D eigenvalue weighted by Crippen LogP contribution is 2.38. The number of amides is 1. The zero-order chi connectivity index (χ0) is 24.4. The Labute approximate surface area is 216 Å². The number of carbonyl (C=O) groups excluding carboxylic acids is 2. The van der Waals surface area contributed by atoms with Gasteiger partial charge in [-0.3, -0.25) is 4.79 Å². The van der Waals surface area contributed by atoms with E-state index in [-0.39, 0.29) is 11.9 Å². The highest BCUT2D eigenvalue weighted by atomic mass is 79.9. The smallest absolute Gasteiger partial charge is 0.341 e. The molecule has 1 aliphatic carbocycles. The number of aryl methyl sites for hydroxylation is 1. The summed E-state index contributed by atoms with van der Waals surface area (Å²) in [5, 5.41) is 4.41. The first-order valence-corrected chi connectivity index (χ1v) is 13.4. The number of fused-ring (bicyclic) bond motifs is 2. The number of carbonyl (C=O) groups is 2. The molecule has 0 unspecified atom stereocenters. The number of rotatable bonds is 5. The van der Waals surface area contributed by atoms with Gasteiger partial charge in [0.05, 0.1) is 28.9 Å². The zero-order valence-corrected chi connectivity index (χ0v) is 21.8. The third-order valence-corrected chi connectivity index (χ3v) is 7.96. The maximum Gasteiger partial charge on any atom is 0.341 e. The van der Waals surface area contributed by atoms with Gasteiger partial charge >= 0.3 is 5.97 Å². The minimum atomic E-state index is -0.364. The molecule has 7 heteroatoms. The summed E-state index contributed by atoms with van der Waals surface area (Å²) in [5.41, 5.74) is 4.46. The SMILES string of the molecule is CCOC(=O)c1c(NC(=O)c2cc(-c3ccc(Br)cc3)nc3ccccc23)sc2c1CCCCC2. The number of halogens is 1. The monoisotopic (exact) mass is 548 g/mol. The highest BCUT2D eigenvalue weighted by Gasteiger charge is 2.27. The van der Waals surface area contributed by atoms with Gasteiger partial charge in [-0.05, 0) is 62.4 Å². The van der Waals surface area contributed by atoms with E-state index in [0.717, 1.165) is 58.6 Å². The first-order chi connectivity index (χ1) is 17.0. The predicted octanol–water partition coefficient (Wildman–Crippen LogP) is 7.42. The molecule has 178 valence electrons. The van der Waals surface area contributed by atoms with Crippen LogP contribution in [-0.2, 0) is 17.6 Å². The van der Waals surface area contributed by atoms with Gasteiger partial charge in [0.15, 0.2) is 0 Å². The molecule has 1 N–H and O–H groups in total. The minimum absolute atomic E-state index is 0.260. The number of nitrogens with zero attached hydrogens (tertiary/aromatic N) is 1. The summed E-state index contributed by atoms with van der Waals surface area (Å²) >= 11 is 4.98. The summed E-state index contributed by atoms with van der Waals surface area (Å²) in [5.74, 6) is -0.624. The molecule has 0 bridgehead atoms. The molecule has 2 heterocycles. The van der Waals surface area contributed by atoms with Crippen molar-refractivity contribution in [2.75, 3.05) is 11.9 Å². The van der Waals surface area contributed by atoms with E-state index in [1.165, 1.54) is 16.2 Å². The number of nitrogens with one attached hydrogen (secondary N) is 1. The molecule has 0 atom stereocenters. The van der Waals surface area contributed by atoms with Crippen LogP contribution >= 0.6 is 27.3 Å². The van der Waals surface area contributed by atoms with Crippen molar-refractivity contribution < 1.29 is 14.3 Å². The van der Waals surface area contributed by atoms with Crippen LogP contribution in [0.2, 0.25) is 0 Å². The first-order valence-electron chi connectivity index (χ1n) is 11.8. The van der Waals surface area contributed by atoms with Crippen molar-refractivity contribution >= 4 is 55.0 Å². The van der Waals surface area contributed by atoms with Crippen molar-refractivity contribution in [3.05, 3.63) is 80.6 Å². The Bertz CT molecular complexity index is 1410. The molecule has 1 aliphatic rings. The van der Waals surface area contributed by atoms with Crippen LogP contribution < -0.4 is 5.32 Å². The highest BCUT2D eigenvalue weighted by molar-refractivity contribution is 9.10. The second-order valence-corrected chi connectivity index (χ2v) is 10.5. The third-order valence-electron chi connectivity index (χ3n) is 6.23. The fraction of sp³-hybridized carbons (Fsp3) is 0.250. The van der Waals surface area contributed by atoms with Crippen molar-refractivity contribution in [3.63, 3.8) is 0 Å². The Morgan fingerprint density at radius 3 is 2.63 bits per heavy atom. The summed E-state index contributed by atoms with van der Waals surface area (Å²) in [7, 11) is 0. The topological polar surface area (TPSA) is 68.3 Å². The molecule has 4 aromatic rings. The van der Waals surface area contributed by atoms with Gasteiger partial charge in [0, 0.05) is 20.3 Å². The summed E-state index contributed by atoms with van der Waals surface area (Å²) in [4.78, 5) is 32.6. The zero-order valence-electron chi connectivity index (χ0n) is 19.4. The van der Waals surface area contributed by atoms with Gasteiger partial charge in [-0.25, -0.2) is 9.78 Å². The Morgan fingerprint density at radius 2 is 1.83 bits per heavy atom. The lowest BCUT2D eigenvalue weighted by molar-refractivity contribution is 0.0527. The van der Waals surface area contributed by atoms with E-state index in [2.05, 4.69) is 21.2 Å². The number of esters is 1. The standard InChI is InChI=1S/C28H25BrN2O3S/c1-2-34-28(33)25-20-9-4-3-5-11-24(20)35-27(25)31-26(32)21-16-23(17-12-14-18(29)15-13-17)30-22-10-7-6-8-19(21)22/h6-8,10,12-16H,2-5,9,11H2,1H3,(H,31,32). The number of hydrogen-bond donors (Lipinski definition) is 1. The Hall–Kier alpha value is -3.03. The average Bonchev–Trinajstić information content (AvgIpc) is 3.04. The fourth-order valence-corrected chi connectivity index (χ4v) is 6.09. The molecule has 2 aromatic heterocycles. The van der Waals surface area contributed by atoms with E-state index in [1.54, 1.807) is 6.92 Å². The number of aromatic nitrogens is 1. The molecule has 35 heavy (non-hydrogen) atoms. The Morgan fingerprint density at radius 1 is 1.06 bits per heavy atom. The Balaban J connectivity index is 1.57. The van der Waals surface area contributed by atoms with Crippen molar-refractivity contribution in [1.29, 1.82) is 0 Å². The van der Waals surface area contributed by atoms with E-state index >= 15 is 0 Å². The van der Waals surface area contributed by atoms with Crippen LogP contribution in [0.4, 0.5) is 5.00 Å². The molecule has 5 rings (SSSR count). The van der Waals surface area contributed by atoms with Gasteiger partial charge in [0.1, 0.15) is 5.00 Å². The van der Waals surface area contributed by atoms with Gasteiger partial charge in [0.2, 0.25) is 0 Å². The van der Waals surface area contributed by atoms with E-state index in [4.69, 9.17) is 9.72 Å². The molecule has 5 nitrogen and oxygen atoms in total. The molecule has 2 aromatic carbocycles.